The number of hydrogen-bond acceptors (Lipinski definition) is 5. The van der Waals surface area contributed by atoms with Crippen LogP contribution in [0.25, 0.3) is 0 Å². The van der Waals surface area contributed by atoms with E-state index in [0.717, 1.165) is 0 Å². The Labute approximate surface area is 139 Å². The number of nitrogens with one attached hydrogen (secondary N) is 1. The first kappa shape index (κ1) is 17.1. The van der Waals surface area contributed by atoms with Crippen LogP contribution in [-0.2, 0) is 14.8 Å². The lowest BCUT2D eigenvalue weighted by Crippen LogP contribution is -2.16. The maximum absolute atomic E-state index is 12.5. The molecule has 0 aliphatic carbocycles. The summed E-state index contributed by atoms with van der Waals surface area (Å²) in [5.74, 6) is -0.299. The first-order chi connectivity index (χ1) is 10.9. The van der Waals surface area contributed by atoms with Gasteiger partial charge in [0.1, 0.15) is 10.6 Å². The molecule has 2 rings (SSSR count). The fourth-order valence-corrected chi connectivity index (χ4v) is 3.48. The van der Waals surface area contributed by atoms with Crippen molar-refractivity contribution in [3.63, 3.8) is 0 Å². The number of carbonyl (C=O) groups excluding carboxylic acids is 1. The van der Waals surface area contributed by atoms with E-state index in [1.54, 1.807) is 12.1 Å². The average Bonchev–Trinajstić information content (AvgIpc) is 2.54. The van der Waals surface area contributed by atoms with Gasteiger partial charge in [-0.1, -0.05) is 23.7 Å². The third kappa shape index (κ3) is 3.75. The second-order valence-electron chi connectivity index (χ2n) is 4.44. The predicted octanol–water partition coefficient (Wildman–Crippen LogP) is 2.94. The summed E-state index contributed by atoms with van der Waals surface area (Å²) in [7, 11) is -1.32. The molecule has 122 valence electrons. The van der Waals surface area contributed by atoms with E-state index in [2.05, 4.69) is 9.46 Å². The van der Waals surface area contributed by atoms with Crippen molar-refractivity contribution < 1.29 is 22.7 Å². The SMILES string of the molecule is COC(=O)c1cc(OC)ccc1NS(=O)(=O)c1ccccc1Cl. The van der Waals surface area contributed by atoms with Gasteiger partial charge in [0.25, 0.3) is 10.0 Å². The van der Waals surface area contributed by atoms with Crippen LogP contribution in [0.15, 0.2) is 47.4 Å². The van der Waals surface area contributed by atoms with E-state index in [9.17, 15) is 13.2 Å². The maximum Gasteiger partial charge on any atom is 0.340 e. The highest BCUT2D eigenvalue weighted by Gasteiger charge is 2.21. The minimum Gasteiger partial charge on any atom is -0.497 e. The van der Waals surface area contributed by atoms with Crippen molar-refractivity contribution in [3.8, 4) is 5.75 Å². The molecule has 0 unspecified atom stereocenters. The number of rotatable bonds is 5. The quantitative estimate of drug-likeness (QED) is 0.834. The molecule has 0 atom stereocenters. The van der Waals surface area contributed by atoms with Gasteiger partial charge >= 0.3 is 5.97 Å². The highest BCUT2D eigenvalue weighted by molar-refractivity contribution is 7.92. The fraction of sp³-hybridized carbons (Fsp3) is 0.133. The molecule has 8 heteroatoms. The monoisotopic (exact) mass is 355 g/mol. The summed E-state index contributed by atoms with van der Waals surface area (Å²) in [5, 5.41) is 0.0770. The van der Waals surface area contributed by atoms with Crippen LogP contribution in [0.4, 0.5) is 5.69 Å². The zero-order chi connectivity index (χ0) is 17.0. The summed E-state index contributed by atoms with van der Waals surface area (Å²) in [5.41, 5.74) is 0.0973. The van der Waals surface area contributed by atoms with Crippen molar-refractivity contribution in [2.24, 2.45) is 0 Å². The van der Waals surface area contributed by atoms with Gasteiger partial charge in [0.05, 0.1) is 30.5 Å². The topological polar surface area (TPSA) is 81.7 Å². The smallest absolute Gasteiger partial charge is 0.340 e. The minimum absolute atomic E-state index is 0.0301. The summed E-state index contributed by atoms with van der Waals surface area (Å²) in [6, 6.07) is 10.3. The summed E-state index contributed by atoms with van der Waals surface area (Å²) >= 11 is 5.92. The summed E-state index contributed by atoms with van der Waals surface area (Å²) in [6.45, 7) is 0. The molecule has 2 aromatic carbocycles. The van der Waals surface area contributed by atoms with E-state index < -0.39 is 16.0 Å². The van der Waals surface area contributed by atoms with Gasteiger partial charge in [-0.15, -0.1) is 0 Å². The Bertz CT molecular complexity index is 836. The van der Waals surface area contributed by atoms with Gasteiger partial charge in [0.2, 0.25) is 0 Å². The number of carbonyl (C=O) groups is 1. The van der Waals surface area contributed by atoms with E-state index in [-0.39, 0.29) is 21.2 Å². The van der Waals surface area contributed by atoms with Crippen LogP contribution in [0.5, 0.6) is 5.75 Å². The zero-order valence-electron chi connectivity index (χ0n) is 12.4. The molecule has 0 spiro atoms. The second kappa shape index (κ2) is 6.89. The molecule has 0 bridgehead atoms. The van der Waals surface area contributed by atoms with Gasteiger partial charge in [-0.05, 0) is 30.3 Å². The molecule has 0 heterocycles. The molecule has 23 heavy (non-hydrogen) atoms. The number of benzene rings is 2. The zero-order valence-corrected chi connectivity index (χ0v) is 13.9. The Balaban J connectivity index is 2.47. The highest BCUT2D eigenvalue weighted by Crippen LogP contribution is 2.27. The summed E-state index contributed by atoms with van der Waals surface area (Å²) < 4.78 is 37.0. The number of esters is 1. The first-order valence-corrected chi connectivity index (χ1v) is 8.29. The van der Waals surface area contributed by atoms with Crippen LogP contribution < -0.4 is 9.46 Å². The van der Waals surface area contributed by atoms with Crippen molar-refractivity contribution in [1.29, 1.82) is 0 Å². The Hall–Kier alpha value is -2.25. The van der Waals surface area contributed by atoms with E-state index in [1.165, 1.54) is 44.6 Å². The Kier molecular flexibility index (Phi) is 5.12. The Morgan fingerprint density at radius 3 is 2.43 bits per heavy atom. The molecule has 0 radical (unpaired) electrons. The number of methoxy groups -OCH3 is 2. The standard InChI is InChI=1S/C15H14ClNO5S/c1-21-10-7-8-13(11(9-10)15(18)22-2)17-23(19,20)14-6-4-3-5-12(14)16/h3-9,17H,1-2H3. The van der Waals surface area contributed by atoms with E-state index in [4.69, 9.17) is 16.3 Å². The molecule has 0 aliphatic heterocycles. The van der Waals surface area contributed by atoms with Crippen LogP contribution in [0.2, 0.25) is 5.02 Å². The molecule has 6 nitrogen and oxygen atoms in total. The van der Waals surface area contributed by atoms with E-state index in [0.29, 0.717) is 5.75 Å². The predicted molar refractivity (Wildman–Crippen MR) is 86.6 cm³/mol. The number of halogens is 1. The lowest BCUT2D eigenvalue weighted by Gasteiger charge is -2.13. The fourth-order valence-electron chi connectivity index (χ4n) is 1.88. The minimum atomic E-state index is -3.96. The van der Waals surface area contributed by atoms with Crippen molar-refractivity contribution in [2.75, 3.05) is 18.9 Å². The van der Waals surface area contributed by atoms with Gasteiger partial charge < -0.3 is 9.47 Å². The van der Waals surface area contributed by atoms with E-state index in [1.807, 2.05) is 0 Å². The normalized spacial score (nSPS) is 10.9. The number of ether oxygens (including phenoxy) is 2. The lowest BCUT2D eigenvalue weighted by molar-refractivity contribution is 0.0601. The van der Waals surface area contributed by atoms with Gasteiger partial charge in [0.15, 0.2) is 0 Å². The largest absolute Gasteiger partial charge is 0.497 e. The van der Waals surface area contributed by atoms with Gasteiger partial charge in [-0.3, -0.25) is 4.72 Å². The number of anilines is 1. The molecule has 0 saturated carbocycles. The summed E-state index contributed by atoms with van der Waals surface area (Å²) in [6.07, 6.45) is 0. The second-order valence-corrected chi connectivity index (χ2v) is 6.50. The highest BCUT2D eigenvalue weighted by atomic mass is 35.5. The van der Waals surface area contributed by atoms with Crippen LogP contribution in [-0.4, -0.2) is 28.6 Å². The Morgan fingerprint density at radius 1 is 1.13 bits per heavy atom. The van der Waals surface area contributed by atoms with Gasteiger partial charge in [-0.2, -0.15) is 0 Å². The third-order valence-electron chi connectivity index (χ3n) is 3.00. The van der Waals surface area contributed by atoms with Gasteiger partial charge in [-0.25, -0.2) is 13.2 Å². The van der Waals surface area contributed by atoms with Crippen LogP contribution in [0.3, 0.4) is 0 Å². The number of sulfonamides is 1. The van der Waals surface area contributed by atoms with Crippen LogP contribution >= 0.6 is 11.6 Å². The third-order valence-corrected chi connectivity index (χ3v) is 4.87. The molecular formula is C15H14ClNO5S. The van der Waals surface area contributed by atoms with Crippen LogP contribution in [0.1, 0.15) is 10.4 Å². The maximum atomic E-state index is 12.5. The number of hydrogen-bond donors (Lipinski definition) is 1. The molecule has 0 aromatic heterocycles. The molecule has 2 aromatic rings. The average molecular weight is 356 g/mol. The lowest BCUT2D eigenvalue weighted by atomic mass is 10.2. The van der Waals surface area contributed by atoms with E-state index >= 15 is 0 Å². The molecule has 0 fully saturated rings. The molecule has 1 N–H and O–H groups in total. The van der Waals surface area contributed by atoms with Crippen molar-refractivity contribution in [3.05, 3.63) is 53.1 Å². The summed E-state index contributed by atoms with van der Waals surface area (Å²) in [4.78, 5) is 11.8. The first-order valence-electron chi connectivity index (χ1n) is 6.42. The van der Waals surface area contributed by atoms with Crippen molar-refractivity contribution in [1.82, 2.24) is 0 Å². The van der Waals surface area contributed by atoms with Gasteiger partial charge in [0, 0.05) is 0 Å². The van der Waals surface area contributed by atoms with Crippen molar-refractivity contribution >= 4 is 33.3 Å². The molecule has 0 saturated heterocycles. The molecule has 0 amide bonds. The van der Waals surface area contributed by atoms with Crippen LogP contribution in [0, 0.1) is 0 Å². The molecular weight excluding hydrogens is 342 g/mol. The van der Waals surface area contributed by atoms with Crippen molar-refractivity contribution in [2.45, 2.75) is 4.90 Å². The Morgan fingerprint density at radius 2 is 1.83 bits per heavy atom. The molecule has 0 aliphatic rings.